The first-order valence-corrected chi connectivity index (χ1v) is 6.99. The lowest BCUT2D eigenvalue weighted by Gasteiger charge is -2.21. The molecule has 1 saturated carbocycles. The molecular formula is C15H20F2N2O. The summed E-state index contributed by atoms with van der Waals surface area (Å²) in [6, 6.07) is 1.74. The average Bonchev–Trinajstić information content (AvgIpc) is 2.74. The summed E-state index contributed by atoms with van der Waals surface area (Å²) in [4.78, 5) is 12.1. The summed E-state index contributed by atoms with van der Waals surface area (Å²) in [5.74, 6) is -1.30. The van der Waals surface area contributed by atoms with Gasteiger partial charge < -0.3 is 11.1 Å². The van der Waals surface area contributed by atoms with E-state index in [1.807, 2.05) is 0 Å². The number of nitrogens with one attached hydrogen (secondary N) is 1. The van der Waals surface area contributed by atoms with E-state index >= 15 is 0 Å². The molecule has 0 radical (unpaired) electrons. The Morgan fingerprint density at radius 3 is 2.65 bits per heavy atom. The number of amides is 1. The number of anilines is 1. The largest absolute Gasteiger partial charge is 0.396 e. The molecule has 0 aliphatic heterocycles. The summed E-state index contributed by atoms with van der Waals surface area (Å²) in [5, 5.41) is 2.84. The summed E-state index contributed by atoms with van der Waals surface area (Å²) in [7, 11) is 0. The van der Waals surface area contributed by atoms with E-state index in [1.54, 1.807) is 0 Å². The highest BCUT2D eigenvalue weighted by Gasteiger charge is 2.33. The smallest absolute Gasteiger partial charge is 0.254 e. The number of carbonyl (C=O) groups excluding carboxylic acids is 1. The highest BCUT2D eigenvalue weighted by molar-refractivity contribution is 5.95. The molecule has 0 aromatic heterocycles. The van der Waals surface area contributed by atoms with Crippen LogP contribution in [-0.4, -0.2) is 11.9 Å². The van der Waals surface area contributed by atoms with Crippen LogP contribution in [0.1, 0.15) is 43.5 Å². The molecule has 0 heterocycles. The monoisotopic (exact) mass is 282 g/mol. The van der Waals surface area contributed by atoms with Crippen LogP contribution in [-0.2, 0) is 0 Å². The van der Waals surface area contributed by atoms with Crippen LogP contribution < -0.4 is 11.1 Å². The Kier molecular flexibility index (Phi) is 4.26. The second-order valence-electron chi connectivity index (χ2n) is 5.54. The average molecular weight is 282 g/mol. The number of hydrogen-bond donors (Lipinski definition) is 2. The number of hydrogen-bond acceptors (Lipinski definition) is 2. The molecule has 5 heteroatoms. The molecule has 0 spiro atoms. The van der Waals surface area contributed by atoms with Gasteiger partial charge in [-0.1, -0.05) is 20.3 Å². The maximum Gasteiger partial charge on any atom is 0.254 e. The Balaban J connectivity index is 2.11. The Labute approximate surface area is 117 Å². The van der Waals surface area contributed by atoms with Gasteiger partial charge in [-0.3, -0.25) is 4.79 Å². The number of rotatable bonds is 3. The molecule has 1 aliphatic rings. The molecule has 1 amide bonds. The van der Waals surface area contributed by atoms with E-state index in [9.17, 15) is 13.6 Å². The van der Waals surface area contributed by atoms with Crippen molar-refractivity contribution in [1.82, 2.24) is 5.32 Å². The molecule has 1 aliphatic carbocycles. The van der Waals surface area contributed by atoms with E-state index in [4.69, 9.17) is 5.73 Å². The molecule has 1 aromatic carbocycles. The first-order valence-electron chi connectivity index (χ1n) is 6.99. The molecule has 20 heavy (non-hydrogen) atoms. The van der Waals surface area contributed by atoms with Crippen molar-refractivity contribution in [1.29, 1.82) is 0 Å². The third-order valence-electron chi connectivity index (χ3n) is 4.40. The number of carbonyl (C=O) groups is 1. The Morgan fingerprint density at radius 1 is 1.35 bits per heavy atom. The van der Waals surface area contributed by atoms with Gasteiger partial charge in [-0.2, -0.15) is 0 Å². The predicted octanol–water partition coefficient (Wildman–Crippen LogP) is 3.10. The van der Waals surface area contributed by atoms with Gasteiger partial charge in [0, 0.05) is 12.1 Å². The van der Waals surface area contributed by atoms with Crippen LogP contribution >= 0.6 is 0 Å². The molecule has 110 valence electrons. The van der Waals surface area contributed by atoms with Gasteiger partial charge in [0.2, 0.25) is 0 Å². The highest BCUT2D eigenvalue weighted by atomic mass is 19.1. The maximum absolute atomic E-state index is 13.6. The zero-order valence-corrected chi connectivity index (χ0v) is 11.7. The van der Waals surface area contributed by atoms with Crippen molar-refractivity contribution in [3.63, 3.8) is 0 Å². The molecule has 3 unspecified atom stereocenters. The fraction of sp³-hybridized carbons (Fsp3) is 0.533. The second-order valence-corrected chi connectivity index (χ2v) is 5.54. The van der Waals surface area contributed by atoms with Crippen LogP contribution in [0, 0.1) is 23.5 Å². The number of nitrogen functional groups attached to an aromatic ring is 1. The van der Waals surface area contributed by atoms with Crippen LogP contribution in [0.25, 0.3) is 0 Å². The maximum atomic E-state index is 13.6. The van der Waals surface area contributed by atoms with Crippen molar-refractivity contribution >= 4 is 11.6 Å². The minimum atomic E-state index is -0.883. The summed E-state index contributed by atoms with van der Waals surface area (Å²) in [5.41, 5.74) is 4.97. The first-order chi connectivity index (χ1) is 9.43. The molecular weight excluding hydrogens is 262 g/mol. The van der Waals surface area contributed by atoms with Gasteiger partial charge in [0.15, 0.2) is 0 Å². The predicted molar refractivity (Wildman–Crippen MR) is 74.2 cm³/mol. The van der Waals surface area contributed by atoms with Crippen LogP contribution in [0.2, 0.25) is 0 Å². The zero-order valence-electron chi connectivity index (χ0n) is 11.7. The third kappa shape index (κ3) is 2.76. The van der Waals surface area contributed by atoms with Gasteiger partial charge in [0.05, 0.1) is 11.3 Å². The standard InChI is InChI=1S/C15H20F2N2O/c1-3-9-4-5-14(8(9)2)19-15(20)10-6-13(18)12(17)7-11(10)16/h6-9,14H,3-5,18H2,1-2H3,(H,19,20). The lowest BCUT2D eigenvalue weighted by Crippen LogP contribution is -2.38. The van der Waals surface area contributed by atoms with E-state index < -0.39 is 17.5 Å². The molecule has 3 N–H and O–H groups in total. The Morgan fingerprint density at radius 2 is 2.05 bits per heavy atom. The van der Waals surface area contributed by atoms with Gasteiger partial charge in [0.1, 0.15) is 11.6 Å². The van der Waals surface area contributed by atoms with Crippen molar-refractivity contribution in [3.8, 4) is 0 Å². The number of nitrogens with two attached hydrogens (primary N) is 1. The zero-order chi connectivity index (χ0) is 14.9. The van der Waals surface area contributed by atoms with E-state index in [-0.39, 0.29) is 17.3 Å². The normalized spacial score (nSPS) is 25.7. The molecule has 2 rings (SSSR count). The summed E-state index contributed by atoms with van der Waals surface area (Å²) < 4.78 is 26.7. The summed E-state index contributed by atoms with van der Waals surface area (Å²) >= 11 is 0. The molecule has 0 saturated heterocycles. The van der Waals surface area contributed by atoms with Gasteiger partial charge >= 0.3 is 0 Å². The van der Waals surface area contributed by atoms with Crippen molar-refractivity contribution in [3.05, 3.63) is 29.3 Å². The molecule has 1 aromatic rings. The van der Waals surface area contributed by atoms with Crippen molar-refractivity contribution in [2.75, 3.05) is 5.73 Å². The van der Waals surface area contributed by atoms with Gasteiger partial charge in [0.25, 0.3) is 5.91 Å². The molecule has 3 nitrogen and oxygen atoms in total. The third-order valence-corrected chi connectivity index (χ3v) is 4.40. The first kappa shape index (κ1) is 14.8. The molecule has 3 atom stereocenters. The van der Waals surface area contributed by atoms with E-state index in [1.165, 1.54) is 0 Å². The van der Waals surface area contributed by atoms with E-state index in [0.29, 0.717) is 17.9 Å². The van der Waals surface area contributed by atoms with Crippen molar-refractivity contribution in [2.45, 2.75) is 39.2 Å². The molecule has 0 bridgehead atoms. The number of halogens is 2. The van der Waals surface area contributed by atoms with E-state index in [2.05, 4.69) is 19.2 Å². The fourth-order valence-corrected chi connectivity index (χ4v) is 3.01. The Bertz CT molecular complexity index is 519. The lowest BCUT2D eigenvalue weighted by atomic mass is 9.93. The number of benzene rings is 1. The highest BCUT2D eigenvalue weighted by Crippen LogP contribution is 2.34. The van der Waals surface area contributed by atoms with Gasteiger partial charge in [-0.15, -0.1) is 0 Å². The molecule has 1 fully saturated rings. The SMILES string of the molecule is CCC1CCC(NC(=O)c2cc(N)c(F)cc2F)C1C. The van der Waals surface area contributed by atoms with Gasteiger partial charge in [-0.05, 0) is 30.7 Å². The Hall–Kier alpha value is -1.65. The minimum absolute atomic E-state index is 0.0399. The van der Waals surface area contributed by atoms with Crippen LogP contribution in [0.5, 0.6) is 0 Å². The summed E-state index contributed by atoms with van der Waals surface area (Å²) in [6.45, 7) is 4.23. The summed E-state index contributed by atoms with van der Waals surface area (Å²) in [6.07, 6.45) is 3.03. The van der Waals surface area contributed by atoms with Gasteiger partial charge in [-0.25, -0.2) is 8.78 Å². The van der Waals surface area contributed by atoms with Crippen molar-refractivity contribution < 1.29 is 13.6 Å². The lowest BCUT2D eigenvalue weighted by molar-refractivity contribution is 0.0922. The fourth-order valence-electron chi connectivity index (χ4n) is 3.01. The minimum Gasteiger partial charge on any atom is -0.396 e. The topological polar surface area (TPSA) is 55.1 Å². The second kappa shape index (κ2) is 5.77. The van der Waals surface area contributed by atoms with Crippen LogP contribution in [0.4, 0.5) is 14.5 Å². The quantitative estimate of drug-likeness (QED) is 0.837. The van der Waals surface area contributed by atoms with Crippen molar-refractivity contribution in [2.24, 2.45) is 11.8 Å². The van der Waals surface area contributed by atoms with Crippen LogP contribution in [0.3, 0.4) is 0 Å². The van der Waals surface area contributed by atoms with E-state index in [0.717, 1.165) is 25.3 Å². The van der Waals surface area contributed by atoms with Crippen LogP contribution in [0.15, 0.2) is 12.1 Å².